The number of allylic oxidation sites excluding steroid dienone is 5. The number of hydrogen-bond acceptors (Lipinski definition) is 6. The molecular weight excluding hydrogens is 768 g/mol. The standard InChI is InChI=1S/C51H99N2O6P/c1-6-8-10-12-14-16-18-20-22-24-26-28-30-32-34-36-38-40-42-44-50(54)49(48-59-60(56,57)58-47-46-53(3,4)5)52-51(55)45-43-41-39-37-35-33-31-29-27-25-23-21-19-17-15-13-11-9-7-2/h21,23,34,36,42,44,49-50,54H,6-20,22,24-33,35,37-41,43,45-48H2,1-5H3,(H-,52,55,56,57)/b23-21-,36-34+,44-42+. The minimum atomic E-state index is -4.60. The first kappa shape index (κ1) is 58.7. The van der Waals surface area contributed by atoms with Crippen LogP contribution in [-0.4, -0.2) is 68.5 Å². The molecule has 0 aliphatic carbocycles. The van der Waals surface area contributed by atoms with Crippen molar-refractivity contribution in [3.8, 4) is 0 Å². The molecule has 0 rings (SSSR count). The molecule has 0 spiro atoms. The maximum absolute atomic E-state index is 12.9. The molecule has 0 heterocycles. The fraction of sp³-hybridized carbons (Fsp3) is 0.863. The quantitative estimate of drug-likeness (QED) is 0.0273. The molecule has 9 heteroatoms. The second-order valence-corrected chi connectivity index (χ2v) is 19.9. The van der Waals surface area contributed by atoms with Crippen LogP contribution in [0.15, 0.2) is 36.5 Å². The number of carbonyl (C=O) groups is 1. The molecule has 0 fully saturated rings. The number of unbranched alkanes of at least 4 members (excludes halogenated alkanes) is 29. The lowest BCUT2D eigenvalue weighted by Crippen LogP contribution is -2.45. The fourth-order valence-electron chi connectivity index (χ4n) is 7.28. The van der Waals surface area contributed by atoms with Crippen LogP contribution in [-0.2, 0) is 18.4 Å². The van der Waals surface area contributed by atoms with Gasteiger partial charge in [-0.1, -0.05) is 204 Å². The third-order valence-electron chi connectivity index (χ3n) is 11.3. The molecule has 354 valence electrons. The maximum atomic E-state index is 12.9. The lowest BCUT2D eigenvalue weighted by atomic mass is 10.0. The number of phosphoric acid groups is 1. The van der Waals surface area contributed by atoms with Crippen LogP contribution in [0.3, 0.4) is 0 Å². The lowest BCUT2D eigenvalue weighted by molar-refractivity contribution is -0.870. The molecule has 3 unspecified atom stereocenters. The van der Waals surface area contributed by atoms with Crippen LogP contribution < -0.4 is 10.2 Å². The van der Waals surface area contributed by atoms with E-state index in [1.54, 1.807) is 6.08 Å². The summed E-state index contributed by atoms with van der Waals surface area (Å²) in [6.45, 7) is 4.64. The molecular formula is C51H99N2O6P. The van der Waals surface area contributed by atoms with E-state index in [0.29, 0.717) is 17.4 Å². The Morgan fingerprint density at radius 2 is 0.933 bits per heavy atom. The average molecular weight is 867 g/mol. The van der Waals surface area contributed by atoms with Gasteiger partial charge in [-0.3, -0.25) is 9.36 Å². The number of nitrogens with one attached hydrogen (secondary N) is 1. The molecule has 0 saturated heterocycles. The number of phosphoric ester groups is 1. The van der Waals surface area contributed by atoms with Gasteiger partial charge in [-0.2, -0.15) is 0 Å². The Hall–Kier alpha value is -1.28. The van der Waals surface area contributed by atoms with Crippen LogP contribution in [0.25, 0.3) is 0 Å². The summed E-state index contributed by atoms with van der Waals surface area (Å²) >= 11 is 0. The van der Waals surface area contributed by atoms with Crippen LogP contribution in [0.2, 0.25) is 0 Å². The van der Waals surface area contributed by atoms with Crippen molar-refractivity contribution in [1.29, 1.82) is 0 Å². The van der Waals surface area contributed by atoms with E-state index in [1.165, 1.54) is 173 Å². The molecule has 3 atom stereocenters. The zero-order valence-corrected chi connectivity index (χ0v) is 41.1. The van der Waals surface area contributed by atoms with Crippen molar-refractivity contribution in [2.75, 3.05) is 40.9 Å². The minimum absolute atomic E-state index is 0.00632. The van der Waals surface area contributed by atoms with Gasteiger partial charge < -0.3 is 28.8 Å². The molecule has 2 N–H and O–H groups in total. The highest BCUT2D eigenvalue weighted by Gasteiger charge is 2.23. The van der Waals surface area contributed by atoms with Gasteiger partial charge in [-0.25, -0.2) is 0 Å². The van der Waals surface area contributed by atoms with E-state index in [4.69, 9.17) is 9.05 Å². The Kier molecular flexibility index (Phi) is 42.1. The summed E-state index contributed by atoms with van der Waals surface area (Å²) in [7, 11) is 1.25. The smallest absolute Gasteiger partial charge is 0.268 e. The molecule has 0 aromatic rings. The van der Waals surface area contributed by atoms with E-state index in [9.17, 15) is 19.4 Å². The second-order valence-electron chi connectivity index (χ2n) is 18.5. The molecule has 0 radical (unpaired) electrons. The predicted molar refractivity (Wildman–Crippen MR) is 256 cm³/mol. The van der Waals surface area contributed by atoms with Crippen molar-refractivity contribution in [3.05, 3.63) is 36.5 Å². The second kappa shape index (κ2) is 43.0. The Bertz CT molecular complexity index is 1070. The summed E-state index contributed by atoms with van der Waals surface area (Å²) in [6, 6.07) is -0.903. The molecule has 8 nitrogen and oxygen atoms in total. The number of likely N-dealkylation sites (N-methyl/N-ethyl adjacent to an activating group) is 1. The number of rotatable bonds is 46. The summed E-state index contributed by atoms with van der Waals surface area (Å²) in [5, 5.41) is 13.8. The number of aliphatic hydroxyl groups excluding tert-OH is 1. The van der Waals surface area contributed by atoms with Crippen molar-refractivity contribution >= 4 is 13.7 Å². The molecule has 0 aliphatic heterocycles. The van der Waals surface area contributed by atoms with Gasteiger partial charge >= 0.3 is 0 Å². The molecule has 0 saturated carbocycles. The normalized spacial score (nSPS) is 14.4. The number of carbonyl (C=O) groups excluding carboxylic acids is 1. The van der Waals surface area contributed by atoms with Crippen molar-refractivity contribution in [2.24, 2.45) is 0 Å². The van der Waals surface area contributed by atoms with Gasteiger partial charge in [-0.05, 0) is 57.8 Å². The van der Waals surface area contributed by atoms with Gasteiger partial charge in [0.2, 0.25) is 5.91 Å². The Morgan fingerprint density at radius 3 is 1.35 bits per heavy atom. The van der Waals surface area contributed by atoms with Gasteiger partial charge in [-0.15, -0.1) is 0 Å². The lowest BCUT2D eigenvalue weighted by Gasteiger charge is -2.29. The summed E-state index contributed by atoms with van der Waals surface area (Å²) < 4.78 is 23.3. The van der Waals surface area contributed by atoms with Crippen molar-refractivity contribution < 1.29 is 32.9 Å². The van der Waals surface area contributed by atoms with Crippen LogP contribution in [0, 0.1) is 0 Å². The van der Waals surface area contributed by atoms with E-state index in [1.807, 2.05) is 27.2 Å². The third-order valence-corrected chi connectivity index (χ3v) is 12.3. The van der Waals surface area contributed by atoms with Crippen LogP contribution in [0.1, 0.15) is 232 Å². The Morgan fingerprint density at radius 1 is 0.567 bits per heavy atom. The number of aliphatic hydroxyl groups is 1. The number of quaternary nitrogens is 1. The first-order valence-electron chi connectivity index (χ1n) is 25.4. The molecule has 0 aliphatic rings. The molecule has 60 heavy (non-hydrogen) atoms. The Balaban J connectivity index is 4.37. The zero-order valence-electron chi connectivity index (χ0n) is 40.2. The SMILES string of the molecule is CCCCCCCC/C=C\CCCCCCCCCCCC(=O)NC(COP(=O)([O-])OCC[N+](C)(C)C)C(O)/C=C/CC/C=C/CCCCCCCCCCCCCCC. The largest absolute Gasteiger partial charge is 0.756 e. The molecule has 0 aromatic carbocycles. The van der Waals surface area contributed by atoms with E-state index in [0.717, 1.165) is 38.5 Å². The van der Waals surface area contributed by atoms with Gasteiger partial charge in [0.25, 0.3) is 7.82 Å². The van der Waals surface area contributed by atoms with E-state index >= 15 is 0 Å². The van der Waals surface area contributed by atoms with E-state index < -0.39 is 26.6 Å². The predicted octanol–water partition coefficient (Wildman–Crippen LogP) is 14.0. The number of amides is 1. The topological polar surface area (TPSA) is 108 Å². The summed E-state index contributed by atoms with van der Waals surface area (Å²) in [5.41, 5.74) is 0. The molecule has 1 amide bonds. The Labute approximate surface area is 372 Å². The first-order valence-corrected chi connectivity index (χ1v) is 26.8. The van der Waals surface area contributed by atoms with Crippen LogP contribution in [0.4, 0.5) is 0 Å². The van der Waals surface area contributed by atoms with E-state index in [-0.39, 0.29) is 12.5 Å². The minimum Gasteiger partial charge on any atom is -0.756 e. The van der Waals surface area contributed by atoms with Crippen molar-refractivity contribution in [3.63, 3.8) is 0 Å². The van der Waals surface area contributed by atoms with Crippen molar-refractivity contribution in [2.45, 2.75) is 244 Å². The number of nitrogens with zero attached hydrogens (tertiary/aromatic N) is 1. The molecule has 0 aromatic heterocycles. The average Bonchev–Trinajstić information content (AvgIpc) is 3.20. The van der Waals surface area contributed by atoms with Crippen LogP contribution >= 0.6 is 7.82 Å². The van der Waals surface area contributed by atoms with Crippen molar-refractivity contribution in [1.82, 2.24) is 5.32 Å². The van der Waals surface area contributed by atoms with Crippen LogP contribution in [0.5, 0.6) is 0 Å². The maximum Gasteiger partial charge on any atom is 0.268 e. The van der Waals surface area contributed by atoms with Gasteiger partial charge in [0.05, 0.1) is 39.9 Å². The zero-order chi connectivity index (χ0) is 44.3. The van der Waals surface area contributed by atoms with E-state index in [2.05, 4.69) is 43.5 Å². The summed E-state index contributed by atoms with van der Waals surface area (Å²) in [5.74, 6) is -0.208. The number of hydrogen-bond donors (Lipinski definition) is 2. The van der Waals surface area contributed by atoms with Gasteiger partial charge in [0.1, 0.15) is 13.2 Å². The fourth-order valence-corrected chi connectivity index (χ4v) is 8.00. The highest BCUT2D eigenvalue weighted by atomic mass is 31.2. The highest BCUT2D eigenvalue weighted by molar-refractivity contribution is 7.45. The molecule has 0 bridgehead atoms. The summed E-state index contributed by atoms with van der Waals surface area (Å²) in [4.78, 5) is 25.4. The highest BCUT2D eigenvalue weighted by Crippen LogP contribution is 2.38. The van der Waals surface area contributed by atoms with Gasteiger partial charge in [0.15, 0.2) is 0 Å². The third kappa shape index (κ3) is 44.8. The van der Waals surface area contributed by atoms with Gasteiger partial charge in [0, 0.05) is 6.42 Å². The first-order chi connectivity index (χ1) is 29.0. The summed E-state index contributed by atoms with van der Waals surface area (Å²) in [6.07, 6.45) is 53.4. The monoisotopic (exact) mass is 867 g/mol.